The highest BCUT2D eigenvalue weighted by Crippen LogP contribution is 2.25. The van der Waals surface area contributed by atoms with Crippen molar-refractivity contribution in [1.29, 1.82) is 0 Å². The van der Waals surface area contributed by atoms with Gasteiger partial charge in [0.25, 0.3) is 21.5 Å². The monoisotopic (exact) mass is 740 g/mol. The van der Waals surface area contributed by atoms with Crippen molar-refractivity contribution in [2.24, 2.45) is 12.5 Å². The third kappa shape index (κ3) is 8.59. The van der Waals surface area contributed by atoms with Crippen LogP contribution in [0.4, 0.5) is 20.2 Å². The minimum atomic E-state index is -4.42. The van der Waals surface area contributed by atoms with Gasteiger partial charge in [-0.05, 0) is 68.7 Å². The Kier molecular flexibility index (Phi) is 11.5. The fourth-order valence-corrected chi connectivity index (χ4v) is 5.89. The lowest BCUT2D eigenvalue weighted by Gasteiger charge is -2.18. The van der Waals surface area contributed by atoms with Crippen molar-refractivity contribution in [2.75, 3.05) is 17.1 Å². The van der Waals surface area contributed by atoms with E-state index in [1.165, 1.54) is 48.1 Å². The summed E-state index contributed by atoms with van der Waals surface area (Å²) in [6, 6.07) is 7.71. The van der Waals surface area contributed by atoms with Gasteiger partial charge in [-0.25, -0.2) is 36.3 Å². The van der Waals surface area contributed by atoms with Crippen LogP contribution < -0.4 is 26.6 Å². The number of pyridine rings is 1. The highest BCUT2D eigenvalue weighted by molar-refractivity contribution is 7.92. The highest BCUT2D eigenvalue weighted by atomic mass is 32.2. The number of esters is 1. The molecule has 0 aliphatic heterocycles. The van der Waals surface area contributed by atoms with E-state index in [1.807, 2.05) is 4.72 Å². The Bertz CT molecular complexity index is 2230. The van der Waals surface area contributed by atoms with E-state index >= 15 is 8.78 Å². The first-order chi connectivity index (χ1) is 24.2. The standard InChI is InChI=1S/C35H38F2N6O8S/c1-19-20(2)42(6)34(48)43(31(19)45)29-15-9-21(18-38-29)8-14-27(32(46)51-7)40-30(44)24-16-26(37)28(17-25(24)36)41-52(49,50)23-12-10-22(11-13-23)39-33(47)35(3,4)5/h9-13,15-18,27,41H,8,14H2,1-7H3,(H,39,47)(H,40,44)/t27-/m0/s1. The summed E-state index contributed by atoms with van der Waals surface area (Å²) in [6.07, 6.45) is 1.46. The average Bonchev–Trinajstić information content (AvgIpc) is 3.09. The van der Waals surface area contributed by atoms with E-state index in [1.54, 1.807) is 40.7 Å². The number of ether oxygens (including phenoxy) is 1. The van der Waals surface area contributed by atoms with E-state index in [2.05, 4.69) is 15.6 Å². The quantitative estimate of drug-likeness (QED) is 0.194. The molecule has 2 heterocycles. The highest BCUT2D eigenvalue weighted by Gasteiger charge is 2.26. The van der Waals surface area contributed by atoms with Crippen LogP contribution in [0, 0.1) is 30.9 Å². The summed E-state index contributed by atoms with van der Waals surface area (Å²) in [6.45, 7) is 8.37. The van der Waals surface area contributed by atoms with Crippen molar-refractivity contribution >= 4 is 39.2 Å². The van der Waals surface area contributed by atoms with Gasteiger partial charge in [-0.1, -0.05) is 26.8 Å². The molecule has 0 radical (unpaired) electrons. The van der Waals surface area contributed by atoms with Gasteiger partial charge in [-0.2, -0.15) is 0 Å². The lowest BCUT2D eigenvalue weighted by molar-refractivity contribution is -0.143. The van der Waals surface area contributed by atoms with Crippen molar-refractivity contribution < 1.29 is 36.3 Å². The molecule has 4 aromatic rings. The zero-order valence-corrected chi connectivity index (χ0v) is 30.3. The molecular weight excluding hydrogens is 702 g/mol. The number of carbonyl (C=O) groups excluding carboxylic acids is 3. The summed E-state index contributed by atoms with van der Waals surface area (Å²) >= 11 is 0. The van der Waals surface area contributed by atoms with Crippen LogP contribution in [-0.4, -0.2) is 53.5 Å². The Labute approximate surface area is 297 Å². The maximum atomic E-state index is 15.1. The van der Waals surface area contributed by atoms with Crippen LogP contribution in [0.3, 0.4) is 0 Å². The van der Waals surface area contributed by atoms with Crippen molar-refractivity contribution in [1.82, 2.24) is 19.4 Å². The Morgan fingerprint density at radius 2 is 1.63 bits per heavy atom. The maximum Gasteiger partial charge on any atom is 0.336 e. The van der Waals surface area contributed by atoms with E-state index in [0.29, 0.717) is 34.6 Å². The number of nitrogens with one attached hydrogen (secondary N) is 3. The van der Waals surface area contributed by atoms with Crippen molar-refractivity contribution in [3.05, 3.63) is 110 Å². The van der Waals surface area contributed by atoms with E-state index in [0.717, 1.165) is 11.7 Å². The lowest BCUT2D eigenvalue weighted by atomic mass is 9.95. The molecule has 0 spiro atoms. The molecule has 3 N–H and O–H groups in total. The molecule has 0 aliphatic rings. The first-order valence-electron chi connectivity index (χ1n) is 15.8. The van der Waals surface area contributed by atoms with Crippen LogP contribution in [0.15, 0.2) is 69.2 Å². The third-order valence-corrected chi connectivity index (χ3v) is 9.63. The van der Waals surface area contributed by atoms with E-state index in [9.17, 15) is 32.4 Å². The summed E-state index contributed by atoms with van der Waals surface area (Å²) in [5.41, 5.74) is -1.60. The number of halogens is 2. The fraction of sp³-hybridized carbons (Fsp3) is 0.314. The molecule has 276 valence electrons. The summed E-state index contributed by atoms with van der Waals surface area (Å²) in [7, 11) is -1.81. The number of methoxy groups -OCH3 is 1. The SMILES string of the molecule is COC(=O)[C@H](CCc1ccc(-n2c(=O)c(C)c(C)n(C)c2=O)nc1)NC(=O)c1cc(F)c(NS(=O)(=O)c2ccc(NC(=O)C(C)(C)C)cc2)cc1F. The Hall–Kier alpha value is -5.71. The lowest BCUT2D eigenvalue weighted by Crippen LogP contribution is -2.42. The summed E-state index contributed by atoms with van der Waals surface area (Å²) < 4.78 is 65.1. The predicted molar refractivity (Wildman–Crippen MR) is 188 cm³/mol. The molecule has 0 saturated heterocycles. The van der Waals surface area contributed by atoms with Gasteiger partial charge in [0, 0.05) is 41.7 Å². The predicted octanol–water partition coefficient (Wildman–Crippen LogP) is 3.52. The number of hydrogen-bond acceptors (Lipinski definition) is 9. The second-order valence-corrected chi connectivity index (χ2v) is 14.6. The van der Waals surface area contributed by atoms with E-state index in [-0.39, 0.29) is 29.5 Å². The van der Waals surface area contributed by atoms with Gasteiger partial charge in [0.2, 0.25) is 5.91 Å². The Morgan fingerprint density at radius 3 is 2.21 bits per heavy atom. The third-order valence-electron chi connectivity index (χ3n) is 8.25. The van der Waals surface area contributed by atoms with E-state index < -0.39 is 67.5 Å². The number of aryl methyl sites for hydroxylation is 1. The van der Waals surface area contributed by atoms with Crippen molar-refractivity contribution in [2.45, 2.75) is 58.4 Å². The molecule has 14 nitrogen and oxygen atoms in total. The maximum absolute atomic E-state index is 15.1. The van der Waals surface area contributed by atoms with Gasteiger partial charge < -0.3 is 19.9 Å². The van der Waals surface area contributed by atoms with Crippen molar-refractivity contribution in [3.63, 3.8) is 0 Å². The molecule has 0 saturated carbocycles. The minimum Gasteiger partial charge on any atom is -0.467 e. The number of rotatable bonds is 11. The topological polar surface area (TPSA) is 188 Å². The van der Waals surface area contributed by atoms with Crippen LogP contribution in [0.5, 0.6) is 0 Å². The number of carbonyl (C=O) groups is 3. The van der Waals surface area contributed by atoms with Gasteiger partial charge in [0.05, 0.1) is 23.3 Å². The number of nitrogens with zero attached hydrogens (tertiary/aromatic N) is 3. The first-order valence-corrected chi connectivity index (χ1v) is 17.3. The normalized spacial score (nSPS) is 12.2. The molecular formula is C35H38F2N6O8S. The van der Waals surface area contributed by atoms with Gasteiger partial charge in [-0.3, -0.25) is 19.1 Å². The number of benzene rings is 2. The summed E-state index contributed by atoms with van der Waals surface area (Å²) in [5.74, 6) is -4.83. The van der Waals surface area contributed by atoms with Crippen LogP contribution >= 0.6 is 0 Å². The molecule has 0 aliphatic carbocycles. The molecule has 2 aromatic carbocycles. The fourth-order valence-electron chi connectivity index (χ4n) is 4.83. The van der Waals surface area contributed by atoms with E-state index in [4.69, 9.17) is 4.74 Å². The number of aromatic nitrogens is 3. The first kappa shape index (κ1) is 39.1. The summed E-state index contributed by atoms with van der Waals surface area (Å²) in [5, 5.41) is 4.96. The smallest absolute Gasteiger partial charge is 0.336 e. The van der Waals surface area contributed by atoms with Gasteiger partial charge >= 0.3 is 11.7 Å². The van der Waals surface area contributed by atoms with Gasteiger partial charge in [-0.15, -0.1) is 0 Å². The number of amides is 2. The largest absolute Gasteiger partial charge is 0.467 e. The Balaban J connectivity index is 1.46. The molecule has 2 amide bonds. The number of anilines is 2. The molecule has 17 heteroatoms. The molecule has 1 atom stereocenters. The van der Waals surface area contributed by atoms with Crippen LogP contribution in [0.2, 0.25) is 0 Å². The van der Waals surface area contributed by atoms with Crippen LogP contribution in [-0.2, 0) is 37.8 Å². The van der Waals surface area contributed by atoms with Gasteiger partial charge in [0.15, 0.2) is 0 Å². The number of sulfonamides is 1. The molecule has 0 bridgehead atoms. The second-order valence-electron chi connectivity index (χ2n) is 13.0. The second kappa shape index (κ2) is 15.3. The molecule has 52 heavy (non-hydrogen) atoms. The zero-order valence-electron chi connectivity index (χ0n) is 29.5. The molecule has 2 aromatic heterocycles. The van der Waals surface area contributed by atoms with Crippen LogP contribution in [0.1, 0.15) is 54.4 Å². The summed E-state index contributed by atoms with van der Waals surface area (Å²) in [4.78, 5) is 67.2. The average molecular weight is 741 g/mol. The molecule has 4 rings (SSSR count). The minimum absolute atomic E-state index is 0.0640. The molecule has 0 fully saturated rings. The Morgan fingerprint density at radius 1 is 0.981 bits per heavy atom. The number of hydrogen-bond donors (Lipinski definition) is 3. The molecule has 0 unspecified atom stereocenters. The van der Waals surface area contributed by atoms with Crippen molar-refractivity contribution in [3.8, 4) is 5.82 Å². The van der Waals surface area contributed by atoms with Crippen LogP contribution in [0.25, 0.3) is 5.82 Å². The zero-order chi connectivity index (χ0) is 38.7. The van der Waals surface area contributed by atoms with Gasteiger partial charge in [0.1, 0.15) is 23.5 Å².